The number of nitrogens with one attached hydrogen (secondary N) is 1. The lowest BCUT2D eigenvalue weighted by Crippen LogP contribution is -2.64. The zero-order valence-electron chi connectivity index (χ0n) is 71.1. The van der Waals surface area contributed by atoms with Crippen molar-refractivity contribution in [2.75, 3.05) is 35.0 Å². The van der Waals surface area contributed by atoms with E-state index in [4.69, 9.17) is 45.4 Å². The van der Waals surface area contributed by atoms with Crippen molar-refractivity contribution in [3.8, 4) is 285 Å². The minimum absolute atomic E-state index is 0. The van der Waals surface area contributed by atoms with E-state index in [1.807, 2.05) is 38.2 Å². The molecule has 1 saturated carbocycles. The number of nitrogens with zero attached hydrogens (tertiary/aromatic N) is 1. The Morgan fingerprint density at radius 1 is 0.555 bits per heavy atom. The normalized spacial score (nSPS) is 21.7. The summed E-state index contributed by atoms with van der Waals surface area (Å²) in [5.74, 6) is 109. The van der Waals surface area contributed by atoms with E-state index in [-0.39, 0.29) is 113 Å². The maximum absolute atomic E-state index is 14.4. The highest BCUT2D eigenvalue weighted by molar-refractivity contribution is 6.39. The number of piperidine rings is 1. The van der Waals surface area contributed by atoms with E-state index < -0.39 is 83.9 Å². The van der Waals surface area contributed by atoms with Crippen LogP contribution in [0.4, 0.5) is 0 Å². The molecule has 4 rings (SSSR count). The van der Waals surface area contributed by atoms with Crippen LogP contribution in [-0.2, 0) is 113 Å². The molecule has 0 unspecified atom stereocenters. The lowest BCUT2D eigenvalue weighted by Gasteiger charge is -2.47. The van der Waals surface area contributed by atoms with Crippen LogP contribution in [0, 0.1) is 314 Å². The smallest absolute Gasteiger partial charge is 0.329 e. The molecule has 1 amide bonds. The van der Waals surface area contributed by atoms with E-state index in [1.165, 1.54) is 31.9 Å². The van der Waals surface area contributed by atoms with Crippen molar-refractivity contribution >= 4 is 29.4 Å². The molecule has 6 N–H and O–H groups in total. The number of unbranched alkanes of at least 4 members (excludes halogenated alkanes) is 1. The number of rotatable bonds is 23. The van der Waals surface area contributed by atoms with Crippen LogP contribution in [0.2, 0.25) is 0 Å². The molecule has 726 valence electrons. The van der Waals surface area contributed by atoms with Gasteiger partial charge in [0.1, 0.15) is 24.0 Å². The number of ketones is 2. The Kier molecular flexibility index (Phi) is 61.6. The molecule has 2 saturated heterocycles. The topological polar surface area (TPSA) is 368 Å². The van der Waals surface area contributed by atoms with Gasteiger partial charge in [-0.1, -0.05) is 66.5 Å². The highest BCUT2D eigenvalue weighted by Crippen LogP contribution is 2.40. The van der Waals surface area contributed by atoms with Crippen LogP contribution in [0.15, 0.2) is 35.5 Å². The van der Waals surface area contributed by atoms with Gasteiger partial charge < -0.3 is 48.6 Å². The quantitative estimate of drug-likeness (QED) is 0.0105. The van der Waals surface area contributed by atoms with Crippen LogP contribution in [-0.4, -0.2) is 150 Å². The number of ether oxygens (including phenoxy) is 6. The molecule has 4 aliphatic rings. The van der Waals surface area contributed by atoms with Crippen molar-refractivity contribution in [3.63, 3.8) is 0 Å². The minimum Gasteiger partial charge on any atom is -0.469 e. The fraction of sp³-hybridized carbons (Fsp3) is 0.398. The number of Topliss-reactive ketones (excluding diaryl/α,β-unsaturated/α-hetero) is 2. The van der Waals surface area contributed by atoms with E-state index in [2.05, 4.69) is 339 Å². The first-order valence-corrected chi connectivity index (χ1v) is 38.1. The summed E-state index contributed by atoms with van der Waals surface area (Å²) in [6.07, 6.45) is 13.1. The molecular weight excluding hydrogens is 1650 g/mol. The number of aliphatic hydroxyl groups excluding tert-OH is 2. The molecule has 3 aliphatic heterocycles. The molecule has 0 radical (unpaired) electrons. The van der Waals surface area contributed by atoms with Gasteiger partial charge in [-0.2, -0.15) is 0 Å². The highest BCUT2D eigenvalue weighted by Gasteiger charge is 2.57. The number of hydrogen-bond acceptors (Lipinski definition) is 29. The molecule has 14 atom stereocenters. The predicted octanol–water partition coefficient (Wildman–Crippen LogP) is 13.6. The van der Waals surface area contributed by atoms with Crippen LogP contribution >= 0.6 is 0 Å². The number of fused-ring (bicyclic) bond motifs is 3. The summed E-state index contributed by atoms with van der Waals surface area (Å²) in [6.45, 7) is 10.9. The first-order valence-electron chi connectivity index (χ1n) is 38.1. The second-order valence-corrected chi connectivity index (χ2v) is 25.9. The van der Waals surface area contributed by atoms with Gasteiger partial charge >= 0.3 is 11.9 Å². The second-order valence-electron chi connectivity index (χ2n) is 25.9. The van der Waals surface area contributed by atoms with Gasteiger partial charge in [0.2, 0.25) is 5.79 Å². The fourth-order valence-corrected chi connectivity index (χ4v) is 11.7. The van der Waals surface area contributed by atoms with Gasteiger partial charge in [-0.15, -0.1) is 6.42 Å². The van der Waals surface area contributed by atoms with Crippen LogP contribution in [0.3, 0.4) is 0 Å². The molecule has 3 heterocycles. The maximum atomic E-state index is 14.4. The number of allylic oxidation sites excluding steroid dienone is 5. The Labute approximate surface area is 799 Å². The minimum atomic E-state index is -2.54. The van der Waals surface area contributed by atoms with Gasteiger partial charge in [0, 0.05) is 287 Å². The summed E-state index contributed by atoms with van der Waals surface area (Å²) in [5.41, 5.74) is 2.93. The van der Waals surface area contributed by atoms with E-state index in [9.17, 15) is 39.3 Å². The van der Waals surface area contributed by atoms with E-state index in [1.54, 1.807) is 34.8 Å². The number of methoxy groups -OCH3 is 4. The molecule has 0 spiro atoms. The number of aliphatic hydroxyl groups is 3. The van der Waals surface area contributed by atoms with E-state index in [0.717, 1.165) is 5.57 Å². The number of cyclic esters (lactones) is 1. The van der Waals surface area contributed by atoms with Gasteiger partial charge in [0.15, 0.2) is 0 Å². The molecule has 1 aliphatic carbocycles. The highest BCUT2D eigenvalue weighted by atomic mass is 17.9. The molecule has 0 aromatic rings. The monoisotopic (exact) mass is 1810 g/mol. The van der Waals surface area contributed by atoms with Crippen molar-refractivity contribution in [2.24, 2.45) is 29.6 Å². The molecule has 128 heavy (non-hydrogen) atoms. The summed E-state index contributed by atoms with van der Waals surface area (Å²) in [5, 5.41) is 82.3. The molecule has 30 nitrogen and oxygen atoms in total. The Balaban J connectivity index is -0.0000000462. The summed E-state index contributed by atoms with van der Waals surface area (Å²) < 4.78 is 34.7. The molecule has 2 bridgehead atoms. The maximum Gasteiger partial charge on any atom is 0.329 e. The molecule has 3 fully saturated rings. The van der Waals surface area contributed by atoms with E-state index in [0.29, 0.717) is 69.8 Å². The van der Waals surface area contributed by atoms with Gasteiger partial charge in [-0.3, -0.25) is 19.2 Å². The number of carbonyl (C=O) groups excluding carboxylic acids is 5. The molecular formula is C98H156N2O28. The Morgan fingerprint density at radius 3 is 1.41 bits per heavy atom. The van der Waals surface area contributed by atoms with Crippen LogP contribution in [0.5, 0.6) is 0 Å². The average molecular weight is 1810 g/mol. The summed E-state index contributed by atoms with van der Waals surface area (Å²) in [7, 11) is 5.95. The molecule has 0 aromatic carbocycles. The SMILES string of the molecule is C#CC#CC#CC#CC#CC#CC#CC#CC#CC#CC#CC#CC#CC#CC#CC#CC#CC#CC#CC#CC#CC#CC#CC#CC.COC(=O)CCC/C=C/C[C@@H]1/C=C(\C)C[C@H](C)C[C@H](OC)[C@H]2O[C@@](O)(C(=O)C(=O)N3CCCC[C@H]3C(=O)O[C@H](/C(C)=C/[C@@H]3CC[C@@H](O)[C@H](OC)C3)[C@H](C)[C@@H](O)CC1=O)[C@H](C)C[C@@H]2OC.OOOOOOONOOOOOOO.[HH].[HH].[HH].[HH].[HH].[HH].[HH].[HH].[HH].[HH].[HH].[HH].[HH].[HH].[HH].[HH].[HH].[HH].[HH].[HH].[HH].[HH].[HH].[HH].[HH].[HH].[HH].[HH].[HH].[HH].[HH].[HH].[HH].[HH].[HH].[HH]. The zero-order valence-corrected chi connectivity index (χ0v) is 71.1. The second kappa shape index (κ2) is 71.9. The zero-order chi connectivity index (χ0) is 93.7. The number of esters is 2. The van der Waals surface area contributed by atoms with Gasteiger partial charge in [0.25, 0.3) is 11.7 Å². The van der Waals surface area contributed by atoms with Crippen molar-refractivity contribution in [3.05, 3.63) is 35.5 Å². The largest absolute Gasteiger partial charge is 0.469 e. The van der Waals surface area contributed by atoms with Crippen molar-refractivity contribution < 1.29 is 190 Å². The van der Waals surface area contributed by atoms with Crippen LogP contribution in [0.25, 0.3) is 0 Å². The molecule has 0 aromatic heterocycles. The fourth-order valence-electron chi connectivity index (χ4n) is 11.7. The lowest BCUT2D eigenvalue weighted by molar-refractivity contribution is -0.816. The Bertz CT molecular complexity index is 5690. The first kappa shape index (κ1) is 110. The van der Waals surface area contributed by atoms with Crippen molar-refractivity contribution in [2.45, 2.75) is 186 Å². The third-order valence-electron chi connectivity index (χ3n) is 17.3. The third-order valence-corrected chi connectivity index (χ3v) is 17.3. The van der Waals surface area contributed by atoms with E-state index >= 15 is 0 Å². The number of amides is 1. The number of carbonyl (C=O) groups is 5. The lowest BCUT2D eigenvalue weighted by atomic mass is 9.81. The number of terminal acetylenes is 1. The average Bonchev–Trinajstić information content (AvgIpc) is 0.779. The van der Waals surface area contributed by atoms with Crippen LogP contribution < -0.4 is 5.64 Å². The third kappa shape index (κ3) is 49.7. The van der Waals surface area contributed by atoms with Gasteiger partial charge in [-0.05, 0) is 266 Å². The Morgan fingerprint density at radius 2 is 0.984 bits per heavy atom. The van der Waals surface area contributed by atoms with Gasteiger partial charge in [-0.25, -0.2) is 15.3 Å². The van der Waals surface area contributed by atoms with Crippen molar-refractivity contribution in [1.82, 2.24) is 10.5 Å². The predicted molar refractivity (Wildman–Crippen MR) is 528 cm³/mol. The van der Waals surface area contributed by atoms with Gasteiger partial charge in [0.05, 0.1) is 37.6 Å². The molecule has 30 heteroatoms. The standard InChI is InChI=1S/C49H77NO14.C49H4.H3NO14.36H2/c1-29-22-30(2)24-41(60-7)45-42(61-8)26-32(4)49(58,64-45)46(55)47(56)50-21-15-14-17-36(50)48(57)63-44(31(3)25-34-19-20-37(51)40(27-34)59-6)33(5)38(52)28-39(53)35(23-29)16-12-10-11-13-18-43(54)62-9;1-3-5-7-9-11-13-15-17-19-21-23-25-27-29-31-33-35-37-39-41-43-45-47-49-48-46-44-42-40-38-36-34-32-30-28-26-24-22-20-18-16-14-12-10-8-6-4-2;2-6-10-14-12-8-4-1-5-9-13-15-11-7-3;;;;;;;;;;;;;;;;;;;;;;;;;;;;;;;;;;;;/h10,12,23,25,30,32-38,40-42,44-45,51-52,58H,11,13-22,24,26-28H2,1-9H3;1H,2H3;1-3H;36*1H/b12-10+,29-23+,31-25+;;;;;;;;;;;;;;;;;;;;;;;;;;;;;;;;;;;;;;/t30-,32+,33+,34-,35+,36-,37+,38-,40+,41-,42-,44+,45+,49+;;;;;;;;;;;;;;;;;;;;;;;;;;;;;;;;;;;;;;/m0....................................../s1. The summed E-state index contributed by atoms with van der Waals surface area (Å²) >= 11 is 0. The number of hydrogen-bond donors (Lipinski definition) is 6. The summed E-state index contributed by atoms with van der Waals surface area (Å²) in [4.78, 5) is 77.5. The van der Waals surface area contributed by atoms with Crippen molar-refractivity contribution in [1.29, 1.82) is 0 Å². The summed E-state index contributed by atoms with van der Waals surface area (Å²) in [6, 6.07) is -1.17. The van der Waals surface area contributed by atoms with Crippen LogP contribution in [0.1, 0.15) is 183 Å². The Hall–Kier alpha value is -14.5. The first-order chi connectivity index (χ1) is 62.2.